The lowest BCUT2D eigenvalue weighted by molar-refractivity contribution is 0.0172. The van der Waals surface area contributed by atoms with Gasteiger partial charge in [-0.1, -0.05) is 38.1 Å². The van der Waals surface area contributed by atoms with Gasteiger partial charge in [0.25, 0.3) is 0 Å². The minimum absolute atomic E-state index is 0.176. The van der Waals surface area contributed by atoms with Crippen LogP contribution in [-0.2, 0) is 16.7 Å². The topological polar surface area (TPSA) is 29.5 Å². The fourth-order valence-corrected chi connectivity index (χ4v) is 3.71. The zero-order valence-electron chi connectivity index (χ0n) is 16.4. The monoisotopic (exact) mass is 373 g/mol. The molecule has 1 amide bonds. The number of hydrogen-bond donors (Lipinski definition) is 0. The molecule has 3 nitrogen and oxygen atoms in total. The number of fused-ring (bicyclic) bond motifs is 1. The lowest BCUT2D eigenvalue weighted by atomic mass is 9.76. The standard InChI is InChI=1S/C22H25F2NO2/c1-21(2,3)27-20(26)25-12-16-14(15-8-6-7-9-17(15)23)10-11-18(24)19(16)22(4,5)13-25/h6-11H,12-13H2,1-5H3. The van der Waals surface area contributed by atoms with Crippen molar-refractivity contribution in [1.82, 2.24) is 4.90 Å². The fourth-order valence-electron chi connectivity index (χ4n) is 3.71. The highest BCUT2D eigenvalue weighted by atomic mass is 19.1. The predicted molar refractivity (Wildman–Crippen MR) is 101 cm³/mol. The van der Waals surface area contributed by atoms with Crippen molar-refractivity contribution in [3.05, 3.63) is 59.2 Å². The normalized spacial score (nSPS) is 16.0. The summed E-state index contributed by atoms with van der Waals surface area (Å²) in [6, 6.07) is 9.37. The maximum absolute atomic E-state index is 14.7. The average Bonchev–Trinajstić information content (AvgIpc) is 2.53. The molecule has 0 aromatic heterocycles. The lowest BCUT2D eigenvalue weighted by Gasteiger charge is -2.41. The molecule has 2 aromatic carbocycles. The Morgan fingerprint density at radius 2 is 1.70 bits per heavy atom. The molecule has 1 heterocycles. The van der Waals surface area contributed by atoms with Crippen molar-refractivity contribution in [3.8, 4) is 11.1 Å². The Morgan fingerprint density at radius 1 is 1.04 bits per heavy atom. The van der Waals surface area contributed by atoms with Crippen molar-refractivity contribution in [2.45, 2.75) is 52.2 Å². The van der Waals surface area contributed by atoms with Crippen LogP contribution in [0.25, 0.3) is 11.1 Å². The van der Waals surface area contributed by atoms with E-state index in [-0.39, 0.29) is 18.2 Å². The molecule has 0 saturated carbocycles. The highest BCUT2D eigenvalue weighted by molar-refractivity contribution is 5.74. The summed E-state index contributed by atoms with van der Waals surface area (Å²) in [4.78, 5) is 14.2. The first kappa shape index (κ1) is 19.3. The van der Waals surface area contributed by atoms with Gasteiger partial charge in [0.1, 0.15) is 17.2 Å². The first-order chi connectivity index (χ1) is 12.5. The van der Waals surface area contributed by atoms with E-state index in [1.165, 1.54) is 12.1 Å². The molecule has 2 aromatic rings. The smallest absolute Gasteiger partial charge is 0.410 e. The summed E-state index contributed by atoms with van der Waals surface area (Å²) in [5.41, 5.74) is 0.903. The van der Waals surface area contributed by atoms with Crippen LogP contribution in [0.3, 0.4) is 0 Å². The number of nitrogens with zero attached hydrogens (tertiary/aromatic N) is 1. The van der Waals surface area contributed by atoms with Gasteiger partial charge in [0.2, 0.25) is 0 Å². The van der Waals surface area contributed by atoms with E-state index in [1.807, 2.05) is 13.8 Å². The molecule has 1 aliphatic rings. The van der Waals surface area contributed by atoms with Gasteiger partial charge in [-0.3, -0.25) is 0 Å². The Kier molecular flexibility index (Phi) is 4.74. The SMILES string of the molecule is CC(C)(C)OC(=O)N1Cc2c(-c3ccccc3F)ccc(F)c2C(C)(C)C1. The largest absolute Gasteiger partial charge is 0.444 e. The number of carbonyl (C=O) groups excluding carboxylic acids is 1. The first-order valence-corrected chi connectivity index (χ1v) is 9.04. The van der Waals surface area contributed by atoms with Gasteiger partial charge in [-0.15, -0.1) is 0 Å². The van der Waals surface area contributed by atoms with E-state index in [0.29, 0.717) is 28.8 Å². The number of carbonyl (C=O) groups is 1. The van der Waals surface area contributed by atoms with Crippen molar-refractivity contribution in [3.63, 3.8) is 0 Å². The molecule has 0 atom stereocenters. The van der Waals surface area contributed by atoms with Crippen molar-refractivity contribution in [1.29, 1.82) is 0 Å². The maximum Gasteiger partial charge on any atom is 0.410 e. The van der Waals surface area contributed by atoms with Crippen LogP contribution in [0.2, 0.25) is 0 Å². The lowest BCUT2D eigenvalue weighted by Crippen LogP contribution is -2.47. The molecule has 144 valence electrons. The summed E-state index contributed by atoms with van der Waals surface area (Å²) >= 11 is 0. The molecule has 0 spiro atoms. The number of halogens is 2. The van der Waals surface area contributed by atoms with Gasteiger partial charge in [-0.25, -0.2) is 13.6 Å². The Bertz CT molecular complexity index is 884. The molecule has 1 aliphatic heterocycles. The molecule has 27 heavy (non-hydrogen) atoms. The average molecular weight is 373 g/mol. The van der Waals surface area contributed by atoms with Crippen LogP contribution in [0.1, 0.15) is 45.7 Å². The van der Waals surface area contributed by atoms with E-state index in [1.54, 1.807) is 49.9 Å². The maximum atomic E-state index is 14.7. The van der Waals surface area contributed by atoms with Gasteiger partial charge in [0.05, 0.1) is 6.54 Å². The molecular weight excluding hydrogens is 348 g/mol. The molecule has 0 aliphatic carbocycles. The zero-order chi connectivity index (χ0) is 20.0. The van der Waals surface area contributed by atoms with Crippen LogP contribution >= 0.6 is 0 Å². The van der Waals surface area contributed by atoms with E-state index in [0.717, 1.165) is 0 Å². The molecule has 0 bridgehead atoms. The van der Waals surface area contributed by atoms with Gasteiger partial charge in [-0.05, 0) is 44.0 Å². The third-order valence-corrected chi connectivity index (χ3v) is 4.69. The minimum atomic E-state index is -0.629. The van der Waals surface area contributed by atoms with Gasteiger partial charge in [0.15, 0.2) is 0 Å². The van der Waals surface area contributed by atoms with Crippen LogP contribution < -0.4 is 0 Å². The van der Waals surface area contributed by atoms with Crippen LogP contribution in [0.4, 0.5) is 13.6 Å². The van der Waals surface area contributed by atoms with Crippen molar-refractivity contribution in [2.24, 2.45) is 0 Å². The van der Waals surface area contributed by atoms with Gasteiger partial charge < -0.3 is 9.64 Å². The van der Waals surface area contributed by atoms with Gasteiger partial charge >= 0.3 is 6.09 Å². The number of hydrogen-bond acceptors (Lipinski definition) is 2. The van der Waals surface area contributed by atoms with E-state index in [2.05, 4.69) is 0 Å². The second-order valence-electron chi connectivity index (χ2n) is 8.65. The molecule has 0 N–H and O–H groups in total. The Hall–Kier alpha value is -2.43. The van der Waals surface area contributed by atoms with Crippen LogP contribution in [-0.4, -0.2) is 23.1 Å². The van der Waals surface area contributed by atoms with Gasteiger partial charge in [-0.2, -0.15) is 0 Å². The van der Waals surface area contributed by atoms with Crippen molar-refractivity contribution >= 4 is 6.09 Å². The molecule has 0 unspecified atom stereocenters. The Labute approximate surface area is 158 Å². The molecule has 3 rings (SSSR count). The zero-order valence-corrected chi connectivity index (χ0v) is 16.4. The summed E-state index contributed by atoms with van der Waals surface area (Å²) in [7, 11) is 0. The number of amides is 1. The Balaban J connectivity index is 2.12. The molecule has 0 saturated heterocycles. The summed E-state index contributed by atoms with van der Waals surface area (Å²) in [6.45, 7) is 9.68. The van der Waals surface area contributed by atoms with E-state index >= 15 is 0 Å². The quantitative estimate of drug-likeness (QED) is 0.645. The number of ether oxygens (including phenoxy) is 1. The van der Waals surface area contributed by atoms with Crippen LogP contribution in [0, 0.1) is 11.6 Å². The Morgan fingerprint density at radius 3 is 2.33 bits per heavy atom. The van der Waals surface area contributed by atoms with E-state index in [9.17, 15) is 13.6 Å². The minimum Gasteiger partial charge on any atom is -0.444 e. The molecular formula is C22H25F2NO2. The second-order valence-corrected chi connectivity index (χ2v) is 8.65. The van der Waals surface area contributed by atoms with Crippen molar-refractivity contribution in [2.75, 3.05) is 6.54 Å². The summed E-state index contributed by atoms with van der Waals surface area (Å²) < 4.78 is 34.7. The van der Waals surface area contributed by atoms with E-state index in [4.69, 9.17) is 4.74 Å². The third kappa shape index (κ3) is 3.82. The summed E-state index contributed by atoms with van der Waals surface area (Å²) in [5, 5.41) is 0. The number of rotatable bonds is 1. The fraction of sp³-hybridized carbons (Fsp3) is 0.409. The third-order valence-electron chi connectivity index (χ3n) is 4.69. The molecule has 5 heteroatoms. The summed E-state index contributed by atoms with van der Waals surface area (Å²) in [5.74, 6) is -0.711. The first-order valence-electron chi connectivity index (χ1n) is 9.04. The highest BCUT2D eigenvalue weighted by Crippen LogP contribution is 2.41. The van der Waals surface area contributed by atoms with E-state index < -0.39 is 17.1 Å². The molecule has 0 fully saturated rings. The molecule has 0 radical (unpaired) electrons. The predicted octanol–water partition coefficient (Wildman–Crippen LogP) is 5.66. The second kappa shape index (κ2) is 6.63. The van der Waals surface area contributed by atoms with Crippen molar-refractivity contribution < 1.29 is 18.3 Å². The number of benzene rings is 2. The summed E-state index contributed by atoms with van der Waals surface area (Å²) in [6.07, 6.45) is -0.454. The van der Waals surface area contributed by atoms with Crippen LogP contribution in [0.5, 0.6) is 0 Å². The van der Waals surface area contributed by atoms with Crippen LogP contribution in [0.15, 0.2) is 36.4 Å². The van der Waals surface area contributed by atoms with Gasteiger partial charge in [0, 0.05) is 23.1 Å². The highest BCUT2D eigenvalue weighted by Gasteiger charge is 2.39.